The van der Waals surface area contributed by atoms with Crippen molar-refractivity contribution in [1.82, 2.24) is 4.98 Å². The third kappa shape index (κ3) is 5.27. The molecule has 0 saturated carbocycles. The molecule has 1 aromatic rings. The number of Topliss-reactive ketones (excluding diaryl/α,β-unsaturated/α-hetero) is 1. The molecule has 4 nitrogen and oxygen atoms in total. The van der Waals surface area contributed by atoms with Gasteiger partial charge < -0.3 is 4.74 Å². The summed E-state index contributed by atoms with van der Waals surface area (Å²) < 4.78 is 5.12. The summed E-state index contributed by atoms with van der Waals surface area (Å²) in [6.07, 6.45) is 1.63. The summed E-state index contributed by atoms with van der Waals surface area (Å²) in [6.45, 7) is 5.36. The van der Waals surface area contributed by atoms with Gasteiger partial charge in [0.05, 0.1) is 6.42 Å². The van der Waals surface area contributed by atoms with E-state index in [0.717, 1.165) is 0 Å². The van der Waals surface area contributed by atoms with E-state index < -0.39 is 5.60 Å². The number of carbonyl (C=O) groups is 2. The summed E-state index contributed by atoms with van der Waals surface area (Å²) in [7, 11) is 0. The molecular weight excluding hydrogens is 254 g/mol. The topological polar surface area (TPSA) is 56.3 Å². The molecule has 0 amide bonds. The monoisotopic (exact) mass is 269 g/mol. The van der Waals surface area contributed by atoms with E-state index in [4.69, 9.17) is 16.3 Å². The normalized spacial score (nSPS) is 11.1. The molecule has 0 unspecified atom stereocenters. The Kier molecular flexibility index (Phi) is 4.84. The standard InChI is InChI=1S/C13H16ClNO3/c1-13(2,3)18-12(17)5-4-10(16)9-6-7-15-11(14)8-9/h6-8H,4-5H2,1-3H3. The van der Waals surface area contributed by atoms with Crippen LogP contribution in [0.15, 0.2) is 18.3 Å². The lowest BCUT2D eigenvalue weighted by Gasteiger charge is -2.19. The molecular formula is C13H16ClNO3. The number of ketones is 1. The number of nitrogens with zero attached hydrogens (tertiary/aromatic N) is 1. The van der Waals surface area contributed by atoms with Crippen LogP contribution in [0.2, 0.25) is 5.15 Å². The van der Waals surface area contributed by atoms with Gasteiger partial charge in [-0.15, -0.1) is 0 Å². The molecule has 0 saturated heterocycles. The number of pyridine rings is 1. The predicted molar refractivity (Wildman–Crippen MR) is 68.7 cm³/mol. The lowest BCUT2D eigenvalue weighted by molar-refractivity contribution is -0.154. The zero-order valence-corrected chi connectivity index (χ0v) is 11.5. The molecule has 98 valence electrons. The van der Waals surface area contributed by atoms with E-state index in [1.807, 2.05) is 0 Å². The molecule has 1 aromatic heterocycles. The van der Waals surface area contributed by atoms with E-state index >= 15 is 0 Å². The minimum absolute atomic E-state index is 0.0655. The molecule has 18 heavy (non-hydrogen) atoms. The van der Waals surface area contributed by atoms with Crippen molar-refractivity contribution in [3.8, 4) is 0 Å². The van der Waals surface area contributed by atoms with E-state index in [1.54, 1.807) is 26.8 Å². The molecule has 0 bridgehead atoms. The first kappa shape index (κ1) is 14.6. The van der Waals surface area contributed by atoms with Gasteiger partial charge in [0.1, 0.15) is 10.8 Å². The van der Waals surface area contributed by atoms with Gasteiger partial charge in [0.15, 0.2) is 5.78 Å². The maximum Gasteiger partial charge on any atom is 0.306 e. The molecule has 0 radical (unpaired) electrons. The molecule has 0 aliphatic rings. The predicted octanol–water partition coefficient (Wildman–Crippen LogP) is 3.04. The van der Waals surface area contributed by atoms with Gasteiger partial charge in [-0.2, -0.15) is 0 Å². The van der Waals surface area contributed by atoms with Crippen molar-refractivity contribution in [3.05, 3.63) is 29.0 Å². The van der Waals surface area contributed by atoms with Gasteiger partial charge in [0.2, 0.25) is 0 Å². The second-order valence-corrected chi connectivity index (χ2v) is 5.26. The Labute approximate surface area is 111 Å². The largest absolute Gasteiger partial charge is 0.460 e. The van der Waals surface area contributed by atoms with Crippen LogP contribution in [0.25, 0.3) is 0 Å². The van der Waals surface area contributed by atoms with Crippen molar-refractivity contribution in [1.29, 1.82) is 0 Å². The zero-order valence-electron chi connectivity index (χ0n) is 10.7. The number of hydrogen-bond acceptors (Lipinski definition) is 4. The molecule has 1 rings (SSSR count). The Hall–Kier alpha value is -1.42. The molecule has 0 aliphatic heterocycles. The molecule has 0 N–H and O–H groups in total. The lowest BCUT2D eigenvalue weighted by atomic mass is 10.1. The fourth-order valence-corrected chi connectivity index (χ4v) is 1.50. The number of esters is 1. The van der Waals surface area contributed by atoms with Gasteiger partial charge in [0.25, 0.3) is 0 Å². The summed E-state index contributed by atoms with van der Waals surface area (Å²) in [4.78, 5) is 27.0. The van der Waals surface area contributed by atoms with Crippen molar-refractivity contribution >= 4 is 23.4 Å². The highest BCUT2D eigenvalue weighted by molar-refractivity contribution is 6.29. The maximum absolute atomic E-state index is 11.8. The highest BCUT2D eigenvalue weighted by atomic mass is 35.5. The fourth-order valence-electron chi connectivity index (χ4n) is 1.33. The highest BCUT2D eigenvalue weighted by Crippen LogP contribution is 2.13. The van der Waals surface area contributed by atoms with Crippen LogP contribution in [0.3, 0.4) is 0 Å². The van der Waals surface area contributed by atoms with Crippen LogP contribution in [-0.2, 0) is 9.53 Å². The third-order valence-corrected chi connectivity index (χ3v) is 2.23. The fraction of sp³-hybridized carbons (Fsp3) is 0.462. The van der Waals surface area contributed by atoms with Crippen molar-refractivity contribution in [2.45, 2.75) is 39.2 Å². The van der Waals surface area contributed by atoms with Crippen LogP contribution < -0.4 is 0 Å². The Balaban J connectivity index is 2.49. The van der Waals surface area contributed by atoms with Crippen LogP contribution in [0.4, 0.5) is 0 Å². The van der Waals surface area contributed by atoms with Gasteiger partial charge in [-0.1, -0.05) is 11.6 Å². The van der Waals surface area contributed by atoms with E-state index in [0.29, 0.717) is 5.56 Å². The summed E-state index contributed by atoms with van der Waals surface area (Å²) in [6, 6.07) is 3.06. The van der Waals surface area contributed by atoms with E-state index in [1.165, 1.54) is 12.3 Å². The summed E-state index contributed by atoms with van der Waals surface area (Å²) >= 11 is 5.68. The smallest absolute Gasteiger partial charge is 0.306 e. The van der Waals surface area contributed by atoms with E-state index in [-0.39, 0.29) is 29.7 Å². The minimum Gasteiger partial charge on any atom is -0.460 e. The third-order valence-electron chi connectivity index (χ3n) is 2.02. The molecule has 0 aliphatic carbocycles. The molecule has 0 spiro atoms. The first-order valence-corrected chi connectivity index (χ1v) is 6.02. The lowest BCUT2D eigenvalue weighted by Crippen LogP contribution is -2.24. The molecule has 0 aromatic carbocycles. The average molecular weight is 270 g/mol. The van der Waals surface area contributed by atoms with Crippen molar-refractivity contribution in [3.63, 3.8) is 0 Å². The Bertz CT molecular complexity index is 452. The number of halogens is 1. The SMILES string of the molecule is CC(C)(C)OC(=O)CCC(=O)c1ccnc(Cl)c1. The highest BCUT2D eigenvalue weighted by Gasteiger charge is 2.17. The Morgan fingerprint density at radius 1 is 1.33 bits per heavy atom. The first-order chi connectivity index (χ1) is 8.28. The summed E-state index contributed by atoms with van der Waals surface area (Å²) in [5, 5.41) is 0.262. The number of ether oxygens (including phenoxy) is 1. The maximum atomic E-state index is 11.8. The van der Waals surface area contributed by atoms with E-state index in [9.17, 15) is 9.59 Å². The van der Waals surface area contributed by atoms with E-state index in [2.05, 4.69) is 4.98 Å². The summed E-state index contributed by atoms with van der Waals surface area (Å²) in [5.41, 5.74) is -0.0707. The molecule has 0 atom stereocenters. The van der Waals surface area contributed by atoms with Gasteiger partial charge in [-0.05, 0) is 32.9 Å². The second-order valence-electron chi connectivity index (χ2n) is 4.88. The van der Waals surface area contributed by atoms with Crippen LogP contribution >= 0.6 is 11.6 Å². The van der Waals surface area contributed by atoms with Crippen LogP contribution in [0.5, 0.6) is 0 Å². The number of aromatic nitrogens is 1. The number of hydrogen-bond donors (Lipinski definition) is 0. The first-order valence-electron chi connectivity index (χ1n) is 5.64. The average Bonchev–Trinajstić information content (AvgIpc) is 2.23. The Morgan fingerprint density at radius 3 is 2.56 bits per heavy atom. The van der Waals surface area contributed by atoms with Crippen LogP contribution in [-0.4, -0.2) is 22.3 Å². The molecule has 1 heterocycles. The Morgan fingerprint density at radius 2 is 2.00 bits per heavy atom. The van der Waals surface area contributed by atoms with Crippen molar-refractivity contribution in [2.75, 3.05) is 0 Å². The summed E-state index contributed by atoms with van der Waals surface area (Å²) in [5.74, 6) is -0.527. The minimum atomic E-state index is -0.528. The number of rotatable bonds is 4. The van der Waals surface area contributed by atoms with Crippen LogP contribution in [0.1, 0.15) is 44.0 Å². The van der Waals surface area contributed by atoms with Gasteiger partial charge in [-0.3, -0.25) is 9.59 Å². The van der Waals surface area contributed by atoms with Gasteiger partial charge in [-0.25, -0.2) is 4.98 Å². The quantitative estimate of drug-likeness (QED) is 0.479. The van der Waals surface area contributed by atoms with Crippen LogP contribution in [0, 0.1) is 0 Å². The van der Waals surface area contributed by atoms with Crippen molar-refractivity contribution in [2.24, 2.45) is 0 Å². The molecule has 5 heteroatoms. The van der Waals surface area contributed by atoms with Gasteiger partial charge >= 0.3 is 5.97 Å². The van der Waals surface area contributed by atoms with Gasteiger partial charge in [0, 0.05) is 18.2 Å². The van der Waals surface area contributed by atoms with Crippen molar-refractivity contribution < 1.29 is 14.3 Å². The molecule has 0 fully saturated rings. The number of carbonyl (C=O) groups excluding carboxylic acids is 2. The second kappa shape index (κ2) is 5.96. The zero-order chi connectivity index (χ0) is 13.8.